The zero-order chi connectivity index (χ0) is 21.5. The minimum absolute atomic E-state index is 0.102. The average molecular weight is 495 g/mol. The molecular weight excluding hydrogens is 472 g/mol. The lowest BCUT2D eigenvalue weighted by Gasteiger charge is -2.27. The molecule has 2 aliphatic heterocycles. The van der Waals surface area contributed by atoms with E-state index in [1.807, 2.05) is 25.1 Å². The van der Waals surface area contributed by atoms with Gasteiger partial charge in [-0.2, -0.15) is 0 Å². The molecule has 30 heavy (non-hydrogen) atoms. The molecule has 0 fully saturated rings. The summed E-state index contributed by atoms with van der Waals surface area (Å²) in [6.45, 7) is 4.68. The molecule has 7 nitrogen and oxygen atoms in total. The van der Waals surface area contributed by atoms with Crippen molar-refractivity contribution < 1.29 is 22.7 Å². The second kappa shape index (κ2) is 8.20. The zero-order valence-corrected chi connectivity index (χ0v) is 19.2. The van der Waals surface area contributed by atoms with Crippen LogP contribution in [0.2, 0.25) is 0 Å². The number of sulfonamides is 1. The monoisotopic (exact) mass is 494 g/mol. The lowest BCUT2D eigenvalue weighted by Crippen LogP contribution is -2.42. The number of rotatable bonds is 5. The van der Waals surface area contributed by atoms with Gasteiger partial charge in [0.2, 0.25) is 15.9 Å². The number of para-hydroxylation sites is 1. The number of nitrogens with zero attached hydrogens (tertiary/aromatic N) is 1. The van der Waals surface area contributed by atoms with E-state index in [9.17, 15) is 13.2 Å². The number of nitrogens with one attached hydrogen (secondary N) is 1. The molecule has 0 radical (unpaired) electrons. The molecular formula is C21H23BrN2O5S. The van der Waals surface area contributed by atoms with Crippen LogP contribution in [0.5, 0.6) is 11.5 Å². The first-order valence-corrected chi connectivity index (χ1v) is 12.1. The molecule has 1 N–H and O–H groups in total. The van der Waals surface area contributed by atoms with Gasteiger partial charge in [-0.15, -0.1) is 0 Å². The van der Waals surface area contributed by atoms with Crippen LogP contribution < -0.4 is 19.1 Å². The van der Waals surface area contributed by atoms with Gasteiger partial charge in [-0.05, 0) is 65.0 Å². The van der Waals surface area contributed by atoms with Crippen LogP contribution >= 0.6 is 15.9 Å². The molecule has 0 aromatic heterocycles. The summed E-state index contributed by atoms with van der Waals surface area (Å²) in [6.07, 6.45) is 1.20. The number of amides is 1. The Labute approximate surface area is 184 Å². The first-order valence-electron chi connectivity index (χ1n) is 9.80. The van der Waals surface area contributed by atoms with Crippen LogP contribution in [0.25, 0.3) is 0 Å². The highest BCUT2D eigenvalue weighted by atomic mass is 79.9. The highest BCUT2D eigenvalue weighted by Gasteiger charge is 2.31. The van der Waals surface area contributed by atoms with Gasteiger partial charge in [0.1, 0.15) is 6.61 Å². The van der Waals surface area contributed by atoms with Crippen LogP contribution in [-0.2, 0) is 27.7 Å². The summed E-state index contributed by atoms with van der Waals surface area (Å²) in [7, 11) is -3.83. The van der Waals surface area contributed by atoms with Crippen molar-refractivity contribution in [3.8, 4) is 11.5 Å². The minimum Gasteiger partial charge on any atom is -0.490 e. The molecule has 0 bridgehead atoms. The number of carbonyl (C=O) groups excluding carboxylic acids is 1. The van der Waals surface area contributed by atoms with Crippen molar-refractivity contribution >= 4 is 37.5 Å². The van der Waals surface area contributed by atoms with Crippen LogP contribution in [0, 0.1) is 0 Å². The van der Waals surface area contributed by atoms with Crippen LogP contribution in [0.3, 0.4) is 0 Å². The summed E-state index contributed by atoms with van der Waals surface area (Å²) < 4.78 is 41.0. The summed E-state index contributed by atoms with van der Waals surface area (Å²) in [5.74, 6) is 1.24. The van der Waals surface area contributed by atoms with Gasteiger partial charge < -0.3 is 14.4 Å². The lowest BCUT2D eigenvalue weighted by molar-refractivity contribution is -0.116. The molecule has 1 atom stereocenters. The number of halogens is 1. The molecule has 0 spiro atoms. The fraction of sp³-hybridized carbons (Fsp3) is 0.381. The normalized spacial score (nSPS) is 17.8. The van der Waals surface area contributed by atoms with E-state index in [-0.39, 0.29) is 17.4 Å². The average Bonchev–Trinajstić information content (AvgIpc) is 3.10. The largest absolute Gasteiger partial charge is 0.490 e. The Morgan fingerprint density at radius 2 is 2.13 bits per heavy atom. The van der Waals surface area contributed by atoms with E-state index >= 15 is 0 Å². The second-order valence-corrected chi connectivity index (χ2v) is 9.88. The molecule has 0 saturated carbocycles. The van der Waals surface area contributed by atoms with Crippen molar-refractivity contribution in [2.75, 3.05) is 24.7 Å². The molecule has 4 rings (SSSR count). The zero-order valence-electron chi connectivity index (χ0n) is 16.8. The summed E-state index contributed by atoms with van der Waals surface area (Å²) >= 11 is 3.39. The van der Waals surface area contributed by atoms with Crippen LogP contribution in [0.15, 0.2) is 39.7 Å². The lowest BCUT2D eigenvalue weighted by atomic mass is 10.0. The van der Waals surface area contributed by atoms with Gasteiger partial charge in [0.05, 0.1) is 17.5 Å². The van der Waals surface area contributed by atoms with Crippen molar-refractivity contribution in [2.24, 2.45) is 0 Å². The second-order valence-electron chi connectivity index (χ2n) is 7.34. The Morgan fingerprint density at radius 1 is 1.33 bits per heavy atom. The van der Waals surface area contributed by atoms with Gasteiger partial charge in [0.25, 0.3) is 0 Å². The predicted octanol–water partition coefficient (Wildman–Crippen LogP) is 3.04. The molecule has 2 aromatic rings. The van der Waals surface area contributed by atoms with Gasteiger partial charge in [-0.1, -0.05) is 12.1 Å². The smallest absolute Gasteiger partial charge is 0.242 e. The van der Waals surface area contributed by atoms with Gasteiger partial charge in [-0.25, -0.2) is 13.1 Å². The molecule has 0 aliphatic carbocycles. The Bertz CT molecular complexity index is 1100. The summed E-state index contributed by atoms with van der Waals surface area (Å²) in [6, 6.07) is 8.57. The highest BCUT2D eigenvalue weighted by molar-refractivity contribution is 9.10. The first kappa shape index (κ1) is 21.1. The molecule has 2 aliphatic rings. The van der Waals surface area contributed by atoms with Gasteiger partial charge in [-0.3, -0.25) is 4.79 Å². The topological polar surface area (TPSA) is 84.9 Å². The fourth-order valence-electron chi connectivity index (χ4n) is 3.94. The summed E-state index contributed by atoms with van der Waals surface area (Å²) in [5, 5.41) is 0. The maximum absolute atomic E-state index is 13.2. The number of anilines is 1. The van der Waals surface area contributed by atoms with Gasteiger partial charge >= 0.3 is 0 Å². The Kier molecular flexibility index (Phi) is 5.78. The van der Waals surface area contributed by atoms with Crippen molar-refractivity contribution in [1.29, 1.82) is 0 Å². The van der Waals surface area contributed by atoms with Crippen molar-refractivity contribution in [3.63, 3.8) is 0 Å². The molecule has 160 valence electrons. The maximum Gasteiger partial charge on any atom is 0.242 e. The van der Waals surface area contributed by atoms with Gasteiger partial charge in [0, 0.05) is 23.6 Å². The standard InChI is InChI=1S/C21H23BrN2O5S/c1-3-28-19-6-4-5-15-9-16(12-29-21(15)19)23-30(26,27)20-11-18-14(10-17(20)22)7-8-24(18)13(2)25/h4-6,10-11,16,23H,3,7-9,12H2,1-2H3/t16-/m1/s1. The predicted molar refractivity (Wildman–Crippen MR) is 117 cm³/mol. The quantitative estimate of drug-likeness (QED) is 0.690. The number of ether oxygens (including phenoxy) is 2. The molecule has 0 saturated heterocycles. The Morgan fingerprint density at radius 3 is 2.87 bits per heavy atom. The maximum atomic E-state index is 13.2. The third-order valence-electron chi connectivity index (χ3n) is 5.28. The SMILES string of the molecule is CCOc1cccc2c1OC[C@H](NS(=O)(=O)c1cc3c(cc1Br)CCN3C(C)=O)C2. The number of hydrogen-bond donors (Lipinski definition) is 1. The fourth-order valence-corrected chi connectivity index (χ4v) is 6.27. The molecule has 2 heterocycles. The van der Waals surface area contributed by atoms with E-state index in [0.29, 0.717) is 47.7 Å². The summed E-state index contributed by atoms with van der Waals surface area (Å²) in [4.78, 5) is 13.6. The first-order chi connectivity index (χ1) is 14.3. The Balaban J connectivity index is 1.58. The summed E-state index contributed by atoms with van der Waals surface area (Å²) in [5.41, 5.74) is 2.50. The number of benzene rings is 2. The Hall–Kier alpha value is -2.10. The van der Waals surface area contributed by atoms with E-state index in [0.717, 1.165) is 11.1 Å². The molecule has 2 aromatic carbocycles. The molecule has 9 heteroatoms. The van der Waals surface area contributed by atoms with E-state index in [1.165, 1.54) is 6.92 Å². The van der Waals surface area contributed by atoms with E-state index in [4.69, 9.17) is 9.47 Å². The van der Waals surface area contributed by atoms with E-state index in [1.54, 1.807) is 17.0 Å². The van der Waals surface area contributed by atoms with Crippen LogP contribution in [0.1, 0.15) is 25.0 Å². The third-order valence-corrected chi connectivity index (χ3v) is 7.75. The van der Waals surface area contributed by atoms with Gasteiger partial charge in [0.15, 0.2) is 11.5 Å². The van der Waals surface area contributed by atoms with Crippen molar-refractivity contribution in [1.82, 2.24) is 4.72 Å². The third kappa shape index (κ3) is 3.93. The van der Waals surface area contributed by atoms with E-state index in [2.05, 4.69) is 20.7 Å². The number of carbonyl (C=O) groups is 1. The van der Waals surface area contributed by atoms with Crippen LogP contribution in [-0.4, -0.2) is 40.1 Å². The highest BCUT2D eigenvalue weighted by Crippen LogP contribution is 2.37. The molecule has 0 unspecified atom stereocenters. The molecule has 1 amide bonds. The van der Waals surface area contributed by atoms with E-state index < -0.39 is 16.1 Å². The minimum atomic E-state index is -3.83. The number of fused-ring (bicyclic) bond motifs is 2. The van der Waals surface area contributed by atoms with Crippen molar-refractivity contribution in [2.45, 2.75) is 37.6 Å². The number of hydrogen-bond acceptors (Lipinski definition) is 5. The van der Waals surface area contributed by atoms with Crippen LogP contribution in [0.4, 0.5) is 5.69 Å². The van der Waals surface area contributed by atoms with Crippen molar-refractivity contribution in [3.05, 3.63) is 45.9 Å².